The van der Waals surface area contributed by atoms with Crippen LogP contribution in [0, 0.1) is 0 Å². The summed E-state index contributed by atoms with van der Waals surface area (Å²) >= 11 is 12.1. The minimum absolute atomic E-state index is 0.0186. The lowest BCUT2D eigenvalue weighted by Gasteiger charge is -2.12. The second-order valence-corrected chi connectivity index (χ2v) is 7.22. The van der Waals surface area contributed by atoms with Gasteiger partial charge in [0.1, 0.15) is 5.75 Å². The first-order valence-electron chi connectivity index (χ1n) is 8.75. The van der Waals surface area contributed by atoms with Gasteiger partial charge in [-0.3, -0.25) is 4.79 Å². The molecule has 0 radical (unpaired) electrons. The number of aryl methyl sites for hydroxylation is 1. The zero-order valence-corrected chi connectivity index (χ0v) is 16.9. The minimum Gasteiger partial charge on any atom is -0.489 e. The summed E-state index contributed by atoms with van der Waals surface area (Å²) in [6, 6.07) is 12.2. The second kappa shape index (κ2) is 9.08. The molecule has 0 spiro atoms. The molecule has 0 aliphatic carbocycles. The lowest BCUT2D eigenvalue weighted by Crippen LogP contribution is -2.12. The summed E-state index contributed by atoms with van der Waals surface area (Å²) in [4.78, 5) is 16.5. The van der Waals surface area contributed by atoms with E-state index in [2.05, 4.69) is 15.5 Å². The van der Waals surface area contributed by atoms with Crippen LogP contribution in [0.2, 0.25) is 10.0 Å². The zero-order chi connectivity index (χ0) is 20.1. The highest BCUT2D eigenvalue weighted by Gasteiger charge is 2.12. The number of hydrogen-bond donors (Lipinski definition) is 1. The fraction of sp³-hybridized carbons (Fsp3) is 0.250. The Labute approximate surface area is 172 Å². The Bertz CT molecular complexity index is 956. The molecule has 6 nitrogen and oxygen atoms in total. The number of aromatic nitrogens is 2. The van der Waals surface area contributed by atoms with Gasteiger partial charge >= 0.3 is 0 Å². The van der Waals surface area contributed by atoms with Crippen molar-refractivity contribution in [2.45, 2.75) is 32.8 Å². The average Bonchev–Trinajstić information content (AvgIpc) is 3.12. The van der Waals surface area contributed by atoms with Crippen LogP contribution in [-0.2, 0) is 11.2 Å². The molecule has 0 atom stereocenters. The predicted molar refractivity (Wildman–Crippen MR) is 109 cm³/mol. The van der Waals surface area contributed by atoms with E-state index < -0.39 is 0 Å². The van der Waals surface area contributed by atoms with Crippen molar-refractivity contribution in [1.29, 1.82) is 0 Å². The Hall–Kier alpha value is -2.57. The van der Waals surface area contributed by atoms with Crippen molar-refractivity contribution in [3.8, 4) is 17.1 Å². The maximum absolute atomic E-state index is 12.2. The highest BCUT2D eigenvalue weighted by atomic mass is 35.5. The third-order valence-corrected chi connectivity index (χ3v) is 4.26. The molecule has 3 rings (SSSR count). The number of nitrogens with zero attached hydrogens (tertiary/aromatic N) is 2. The molecule has 0 aliphatic heterocycles. The van der Waals surface area contributed by atoms with Crippen molar-refractivity contribution in [3.05, 3.63) is 58.4 Å². The Morgan fingerprint density at radius 3 is 2.61 bits per heavy atom. The number of benzene rings is 2. The molecule has 0 aliphatic rings. The van der Waals surface area contributed by atoms with Gasteiger partial charge in [-0.25, -0.2) is 0 Å². The van der Waals surface area contributed by atoms with Crippen molar-refractivity contribution < 1.29 is 14.1 Å². The Morgan fingerprint density at radius 2 is 1.93 bits per heavy atom. The molecule has 0 saturated carbocycles. The molecule has 1 heterocycles. The monoisotopic (exact) mass is 419 g/mol. The first-order chi connectivity index (χ1) is 13.4. The van der Waals surface area contributed by atoms with Gasteiger partial charge in [0.2, 0.25) is 17.6 Å². The SMILES string of the molecule is CC(C)Oc1ccc(NC(=O)CCc2nc(-c3ccc(Cl)cc3)no2)cc1Cl. The van der Waals surface area contributed by atoms with Crippen molar-refractivity contribution >= 4 is 34.8 Å². The number of nitrogens with one attached hydrogen (secondary N) is 1. The minimum atomic E-state index is -0.181. The number of halogens is 2. The van der Waals surface area contributed by atoms with Gasteiger partial charge in [-0.2, -0.15) is 4.98 Å². The molecule has 3 aromatic rings. The summed E-state index contributed by atoms with van der Waals surface area (Å²) in [7, 11) is 0. The van der Waals surface area contributed by atoms with Crippen molar-refractivity contribution in [3.63, 3.8) is 0 Å². The van der Waals surface area contributed by atoms with E-state index in [1.54, 1.807) is 42.5 Å². The number of rotatable bonds is 7. The average molecular weight is 420 g/mol. The molecular formula is C20H19Cl2N3O3. The number of hydrogen-bond acceptors (Lipinski definition) is 5. The summed E-state index contributed by atoms with van der Waals surface area (Å²) in [6.45, 7) is 3.84. The number of amides is 1. The van der Waals surface area contributed by atoms with E-state index in [1.165, 1.54) is 0 Å². The van der Waals surface area contributed by atoms with Gasteiger partial charge < -0.3 is 14.6 Å². The van der Waals surface area contributed by atoms with Gasteiger partial charge in [-0.15, -0.1) is 0 Å². The third kappa shape index (κ3) is 5.47. The first-order valence-corrected chi connectivity index (χ1v) is 9.51. The van der Waals surface area contributed by atoms with Crippen LogP contribution in [-0.4, -0.2) is 22.2 Å². The van der Waals surface area contributed by atoms with Gasteiger partial charge in [-0.1, -0.05) is 28.4 Å². The molecule has 2 aromatic carbocycles. The quantitative estimate of drug-likeness (QED) is 0.554. The lowest BCUT2D eigenvalue weighted by atomic mass is 10.2. The van der Waals surface area contributed by atoms with Gasteiger partial charge in [0.05, 0.1) is 11.1 Å². The van der Waals surface area contributed by atoms with Gasteiger partial charge in [0, 0.05) is 29.1 Å². The molecule has 146 valence electrons. The molecule has 0 saturated heterocycles. The van der Waals surface area contributed by atoms with Crippen LogP contribution < -0.4 is 10.1 Å². The molecule has 8 heteroatoms. The molecule has 28 heavy (non-hydrogen) atoms. The van der Waals surface area contributed by atoms with Gasteiger partial charge in [-0.05, 0) is 56.3 Å². The van der Waals surface area contributed by atoms with Crippen LogP contribution >= 0.6 is 23.2 Å². The number of carbonyl (C=O) groups is 1. The summed E-state index contributed by atoms with van der Waals surface area (Å²) in [5.41, 5.74) is 1.39. The van der Waals surface area contributed by atoms with Crippen LogP contribution in [0.15, 0.2) is 47.0 Å². The summed E-state index contributed by atoms with van der Waals surface area (Å²) in [6.07, 6.45) is 0.545. The molecule has 0 fully saturated rings. The molecule has 1 amide bonds. The van der Waals surface area contributed by atoms with Crippen LogP contribution in [0.25, 0.3) is 11.4 Å². The maximum atomic E-state index is 12.2. The molecule has 1 N–H and O–H groups in total. The van der Waals surface area contributed by atoms with Gasteiger partial charge in [0.15, 0.2) is 0 Å². The highest BCUT2D eigenvalue weighted by Crippen LogP contribution is 2.28. The second-order valence-electron chi connectivity index (χ2n) is 6.38. The first kappa shape index (κ1) is 20.2. The van der Waals surface area contributed by atoms with E-state index in [4.69, 9.17) is 32.5 Å². The molecule has 0 unspecified atom stereocenters. The van der Waals surface area contributed by atoms with Gasteiger partial charge in [0.25, 0.3) is 0 Å². The molecule has 0 bridgehead atoms. The normalized spacial score (nSPS) is 10.9. The Kier molecular flexibility index (Phi) is 6.54. The maximum Gasteiger partial charge on any atom is 0.227 e. The number of carbonyl (C=O) groups excluding carboxylic acids is 1. The standard InChI is InChI=1S/C20H19Cl2N3O3/c1-12(2)27-17-8-7-15(11-16(17)22)23-18(26)9-10-19-24-20(25-28-19)13-3-5-14(21)6-4-13/h3-8,11-12H,9-10H2,1-2H3,(H,23,26). The summed E-state index contributed by atoms with van der Waals surface area (Å²) < 4.78 is 10.8. The largest absolute Gasteiger partial charge is 0.489 e. The van der Waals surface area contributed by atoms with E-state index in [0.29, 0.717) is 39.6 Å². The summed E-state index contributed by atoms with van der Waals surface area (Å²) in [5, 5.41) is 7.80. The van der Waals surface area contributed by atoms with E-state index in [0.717, 1.165) is 5.56 Å². The number of anilines is 1. The molecular weight excluding hydrogens is 401 g/mol. The highest BCUT2D eigenvalue weighted by molar-refractivity contribution is 6.32. The predicted octanol–water partition coefficient (Wildman–Crippen LogP) is 5.40. The Morgan fingerprint density at radius 1 is 1.18 bits per heavy atom. The zero-order valence-electron chi connectivity index (χ0n) is 15.4. The van der Waals surface area contributed by atoms with Crippen LogP contribution in [0.1, 0.15) is 26.2 Å². The van der Waals surface area contributed by atoms with E-state index in [9.17, 15) is 4.79 Å². The topological polar surface area (TPSA) is 77.2 Å². The van der Waals surface area contributed by atoms with Crippen LogP contribution in [0.3, 0.4) is 0 Å². The van der Waals surface area contributed by atoms with E-state index in [-0.39, 0.29) is 18.4 Å². The summed E-state index contributed by atoms with van der Waals surface area (Å²) in [5.74, 6) is 1.24. The van der Waals surface area contributed by atoms with Crippen molar-refractivity contribution in [2.24, 2.45) is 0 Å². The van der Waals surface area contributed by atoms with Crippen LogP contribution in [0.5, 0.6) is 5.75 Å². The molecule has 1 aromatic heterocycles. The van der Waals surface area contributed by atoms with Crippen LogP contribution in [0.4, 0.5) is 5.69 Å². The number of ether oxygens (including phenoxy) is 1. The fourth-order valence-corrected chi connectivity index (χ4v) is 2.80. The third-order valence-electron chi connectivity index (χ3n) is 3.71. The smallest absolute Gasteiger partial charge is 0.227 e. The van der Waals surface area contributed by atoms with E-state index >= 15 is 0 Å². The van der Waals surface area contributed by atoms with Crippen molar-refractivity contribution in [2.75, 3.05) is 5.32 Å². The van der Waals surface area contributed by atoms with Crippen molar-refractivity contribution in [1.82, 2.24) is 10.1 Å². The lowest BCUT2D eigenvalue weighted by molar-refractivity contribution is -0.116. The Balaban J connectivity index is 1.55. The van der Waals surface area contributed by atoms with E-state index in [1.807, 2.05) is 13.8 Å². The fourth-order valence-electron chi connectivity index (χ4n) is 2.44.